The fourth-order valence-corrected chi connectivity index (χ4v) is 1.77. The van der Waals surface area contributed by atoms with E-state index in [4.69, 9.17) is 4.74 Å². The van der Waals surface area contributed by atoms with Gasteiger partial charge >= 0.3 is 6.18 Å². The third-order valence-corrected chi connectivity index (χ3v) is 3.50. The first-order valence-electron chi connectivity index (χ1n) is 7.95. The Bertz CT molecular complexity index is 544. The molecule has 0 aromatic carbocycles. The van der Waals surface area contributed by atoms with Crippen LogP contribution in [0.5, 0.6) is 0 Å². The van der Waals surface area contributed by atoms with Crippen molar-refractivity contribution in [1.29, 1.82) is 0 Å². The maximum Gasteiger partial charge on any atom is 0.417 e. The molecule has 9 heteroatoms. The first kappa shape index (κ1) is 21.0. The minimum Gasteiger partial charge on any atom is -0.377 e. The van der Waals surface area contributed by atoms with Crippen LogP contribution in [0, 0.1) is 0 Å². The Morgan fingerprint density at radius 3 is 2.44 bits per heavy atom. The van der Waals surface area contributed by atoms with Gasteiger partial charge < -0.3 is 20.7 Å². The highest BCUT2D eigenvalue weighted by Gasteiger charge is 2.30. The van der Waals surface area contributed by atoms with Gasteiger partial charge in [-0.05, 0) is 32.4 Å². The van der Waals surface area contributed by atoms with Gasteiger partial charge in [0.1, 0.15) is 5.82 Å². The highest BCUT2D eigenvalue weighted by Crippen LogP contribution is 2.28. The predicted octanol–water partition coefficient (Wildman–Crippen LogP) is 2.49. The average molecular weight is 361 g/mol. The largest absolute Gasteiger partial charge is 0.417 e. The molecule has 1 aromatic heterocycles. The van der Waals surface area contributed by atoms with E-state index in [-0.39, 0.29) is 5.60 Å². The second-order valence-corrected chi connectivity index (χ2v) is 6.03. The lowest BCUT2D eigenvalue weighted by atomic mass is 10.1. The standard InChI is InChI=1S/C16H26F3N5O/c1-15(2,25-4)11-24-14(20-3)22-9-5-8-21-13-7-6-12(10-23-13)16(17,18)19/h6-7,10H,5,8-9,11H2,1-4H3,(H,21,23)(H2,20,22,24). The molecule has 0 aliphatic carbocycles. The smallest absolute Gasteiger partial charge is 0.377 e. The van der Waals surface area contributed by atoms with Gasteiger partial charge in [-0.3, -0.25) is 4.99 Å². The number of methoxy groups -OCH3 is 1. The number of alkyl halides is 3. The van der Waals surface area contributed by atoms with Crippen molar-refractivity contribution in [2.24, 2.45) is 4.99 Å². The maximum atomic E-state index is 12.4. The van der Waals surface area contributed by atoms with Gasteiger partial charge in [0.05, 0.1) is 11.2 Å². The van der Waals surface area contributed by atoms with Crippen molar-refractivity contribution >= 4 is 11.8 Å². The van der Waals surface area contributed by atoms with Crippen molar-refractivity contribution in [2.45, 2.75) is 32.0 Å². The Kier molecular flexibility index (Phi) is 7.95. The molecular weight excluding hydrogens is 335 g/mol. The number of nitrogens with zero attached hydrogens (tertiary/aromatic N) is 2. The van der Waals surface area contributed by atoms with Crippen LogP contribution in [0.4, 0.5) is 19.0 Å². The van der Waals surface area contributed by atoms with Crippen LogP contribution in [0.1, 0.15) is 25.8 Å². The van der Waals surface area contributed by atoms with E-state index in [9.17, 15) is 13.2 Å². The first-order chi connectivity index (χ1) is 11.7. The lowest BCUT2D eigenvalue weighted by molar-refractivity contribution is -0.137. The van der Waals surface area contributed by atoms with Crippen molar-refractivity contribution in [3.8, 4) is 0 Å². The van der Waals surface area contributed by atoms with Crippen LogP contribution in [-0.4, -0.2) is 50.3 Å². The van der Waals surface area contributed by atoms with Crippen molar-refractivity contribution in [1.82, 2.24) is 15.6 Å². The molecule has 1 rings (SSSR count). The molecule has 142 valence electrons. The summed E-state index contributed by atoms with van der Waals surface area (Å²) in [5.74, 6) is 1.08. The van der Waals surface area contributed by atoms with E-state index in [1.54, 1.807) is 14.2 Å². The summed E-state index contributed by atoms with van der Waals surface area (Å²) >= 11 is 0. The average Bonchev–Trinajstić information content (AvgIpc) is 2.57. The molecule has 0 atom stereocenters. The molecule has 0 bridgehead atoms. The quantitative estimate of drug-likeness (QED) is 0.377. The minimum absolute atomic E-state index is 0.298. The number of rotatable bonds is 8. The second kappa shape index (κ2) is 9.45. The summed E-state index contributed by atoms with van der Waals surface area (Å²) in [5.41, 5.74) is -1.05. The van der Waals surface area contributed by atoms with E-state index < -0.39 is 11.7 Å². The highest BCUT2D eigenvalue weighted by molar-refractivity contribution is 5.79. The molecule has 0 saturated heterocycles. The molecule has 0 unspecified atom stereocenters. The predicted molar refractivity (Wildman–Crippen MR) is 92.8 cm³/mol. The molecule has 0 radical (unpaired) electrons. The summed E-state index contributed by atoms with van der Waals surface area (Å²) in [6.07, 6.45) is -2.79. The van der Waals surface area contributed by atoms with Gasteiger partial charge in [-0.25, -0.2) is 4.98 Å². The lowest BCUT2D eigenvalue weighted by Gasteiger charge is -2.24. The number of hydrogen-bond donors (Lipinski definition) is 3. The highest BCUT2D eigenvalue weighted by atomic mass is 19.4. The summed E-state index contributed by atoms with van der Waals surface area (Å²) in [4.78, 5) is 7.87. The topological polar surface area (TPSA) is 70.6 Å². The summed E-state index contributed by atoms with van der Waals surface area (Å²) in [7, 11) is 3.33. The summed E-state index contributed by atoms with van der Waals surface area (Å²) in [5, 5.41) is 9.30. The van der Waals surface area contributed by atoms with E-state index in [0.717, 1.165) is 18.7 Å². The van der Waals surface area contributed by atoms with Gasteiger partial charge in [-0.2, -0.15) is 13.2 Å². The minimum atomic E-state index is -4.37. The van der Waals surface area contributed by atoms with Crippen molar-refractivity contribution in [2.75, 3.05) is 39.1 Å². The first-order valence-corrected chi connectivity index (χ1v) is 7.95. The van der Waals surface area contributed by atoms with Crippen LogP contribution in [0.2, 0.25) is 0 Å². The number of ether oxygens (including phenoxy) is 1. The monoisotopic (exact) mass is 361 g/mol. The van der Waals surface area contributed by atoms with E-state index in [1.807, 2.05) is 13.8 Å². The Morgan fingerprint density at radius 1 is 1.20 bits per heavy atom. The molecule has 3 N–H and O–H groups in total. The zero-order valence-corrected chi connectivity index (χ0v) is 15.0. The summed E-state index contributed by atoms with van der Waals surface area (Å²) in [6, 6.07) is 2.33. The van der Waals surface area contributed by atoms with Gasteiger partial charge in [0.25, 0.3) is 0 Å². The number of aliphatic imine (C=N–C) groups is 1. The van der Waals surface area contributed by atoms with Crippen LogP contribution in [0.25, 0.3) is 0 Å². The normalized spacial score (nSPS) is 12.8. The molecule has 0 fully saturated rings. The lowest BCUT2D eigenvalue weighted by Crippen LogP contribution is -2.45. The molecule has 0 aliphatic rings. The Hall–Kier alpha value is -2.03. The fourth-order valence-electron chi connectivity index (χ4n) is 1.77. The molecule has 0 amide bonds. The van der Waals surface area contributed by atoms with Crippen molar-refractivity contribution in [3.05, 3.63) is 23.9 Å². The Morgan fingerprint density at radius 2 is 1.92 bits per heavy atom. The van der Waals surface area contributed by atoms with E-state index in [2.05, 4.69) is 25.9 Å². The Balaban J connectivity index is 2.27. The molecule has 25 heavy (non-hydrogen) atoms. The van der Waals surface area contributed by atoms with Crippen molar-refractivity contribution < 1.29 is 17.9 Å². The van der Waals surface area contributed by atoms with Crippen LogP contribution in [-0.2, 0) is 10.9 Å². The molecule has 1 aromatic rings. The van der Waals surface area contributed by atoms with Crippen LogP contribution >= 0.6 is 0 Å². The molecule has 0 spiro atoms. The molecule has 6 nitrogen and oxygen atoms in total. The number of nitrogens with one attached hydrogen (secondary N) is 3. The third kappa shape index (κ3) is 8.06. The SMILES string of the molecule is CN=C(NCCCNc1ccc(C(F)(F)F)cn1)NCC(C)(C)OC. The number of guanidine groups is 1. The Labute approximate surface area is 146 Å². The zero-order valence-electron chi connectivity index (χ0n) is 15.0. The number of pyridine rings is 1. The molecular formula is C16H26F3N5O. The molecule has 0 saturated carbocycles. The van der Waals surface area contributed by atoms with Crippen molar-refractivity contribution in [3.63, 3.8) is 0 Å². The van der Waals surface area contributed by atoms with Crippen LogP contribution in [0.15, 0.2) is 23.3 Å². The van der Waals surface area contributed by atoms with Gasteiger partial charge in [0, 0.05) is 40.0 Å². The fraction of sp³-hybridized carbons (Fsp3) is 0.625. The van der Waals surface area contributed by atoms with E-state index >= 15 is 0 Å². The third-order valence-electron chi connectivity index (χ3n) is 3.50. The number of hydrogen-bond acceptors (Lipinski definition) is 4. The number of aromatic nitrogens is 1. The molecule has 0 aliphatic heterocycles. The van der Waals surface area contributed by atoms with Gasteiger partial charge in [0.2, 0.25) is 0 Å². The van der Waals surface area contributed by atoms with Crippen LogP contribution < -0.4 is 16.0 Å². The van der Waals surface area contributed by atoms with Gasteiger partial charge in [0.15, 0.2) is 5.96 Å². The number of halogens is 3. The maximum absolute atomic E-state index is 12.4. The second-order valence-electron chi connectivity index (χ2n) is 6.03. The van der Waals surface area contributed by atoms with E-state index in [1.165, 1.54) is 6.07 Å². The summed E-state index contributed by atoms with van der Waals surface area (Å²) < 4.78 is 42.7. The van der Waals surface area contributed by atoms with Gasteiger partial charge in [-0.15, -0.1) is 0 Å². The summed E-state index contributed by atoms with van der Waals surface area (Å²) in [6.45, 7) is 5.77. The zero-order chi connectivity index (χ0) is 18.9. The van der Waals surface area contributed by atoms with E-state index in [0.29, 0.717) is 31.4 Å². The van der Waals surface area contributed by atoms with Gasteiger partial charge in [-0.1, -0.05) is 0 Å². The molecule has 1 heterocycles. The number of anilines is 1. The van der Waals surface area contributed by atoms with Crippen LogP contribution in [0.3, 0.4) is 0 Å².